The molecule has 0 fully saturated rings. The van der Waals surface area contributed by atoms with Crippen molar-refractivity contribution in [3.63, 3.8) is 0 Å². The Morgan fingerprint density at radius 1 is 0.949 bits per heavy atom. The predicted molar refractivity (Wildman–Crippen MR) is 151 cm³/mol. The lowest BCUT2D eigenvalue weighted by Crippen LogP contribution is -2.23. The number of amides is 2. The minimum absolute atomic E-state index is 0.186. The van der Waals surface area contributed by atoms with E-state index in [1.54, 1.807) is 66.2 Å². The van der Waals surface area contributed by atoms with Crippen molar-refractivity contribution < 1.29 is 9.59 Å². The van der Waals surface area contributed by atoms with Crippen LogP contribution >= 0.6 is 34.8 Å². The summed E-state index contributed by atoms with van der Waals surface area (Å²) in [6, 6.07) is 18.8. The monoisotopic (exact) mass is 579 g/mol. The molecule has 2 amide bonds. The maximum Gasteiger partial charge on any atom is 0.276 e. The lowest BCUT2D eigenvalue weighted by atomic mass is 10.1. The summed E-state index contributed by atoms with van der Waals surface area (Å²) in [6.45, 7) is 1.99. The first-order valence-electron chi connectivity index (χ1n) is 11.6. The van der Waals surface area contributed by atoms with Gasteiger partial charge in [-0.3, -0.25) is 14.7 Å². The number of H-pyrrole nitrogens is 1. The van der Waals surface area contributed by atoms with E-state index >= 15 is 0 Å². The molecule has 5 rings (SSSR count). The van der Waals surface area contributed by atoms with Crippen molar-refractivity contribution in [2.24, 2.45) is 0 Å². The van der Waals surface area contributed by atoms with E-state index in [4.69, 9.17) is 34.8 Å². The molecule has 39 heavy (non-hydrogen) atoms. The number of nitrogens with one attached hydrogen (secondary N) is 3. The molecular weight excluding hydrogens is 561 g/mol. The average molecular weight is 581 g/mol. The van der Waals surface area contributed by atoms with Crippen LogP contribution in [0.25, 0.3) is 16.9 Å². The lowest BCUT2D eigenvalue weighted by Gasteiger charge is -2.11. The Balaban J connectivity index is 1.45. The van der Waals surface area contributed by atoms with E-state index in [9.17, 15) is 9.59 Å². The Labute approximate surface area is 238 Å². The van der Waals surface area contributed by atoms with Crippen molar-refractivity contribution in [1.29, 1.82) is 0 Å². The molecule has 0 radical (unpaired) electrons. The second-order valence-electron chi connectivity index (χ2n) is 8.49. The number of rotatable bonds is 7. The zero-order valence-electron chi connectivity index (χ0n) is 20.4. The van der Waals surface area contributed by atoms with Gasteiger partial charge >= 0.3 is 0 Å². The SMILES string of the molecule is Cc1c(C(=O)Nc2cccc(C(=O)NCc3ncn[nH]3)c2)nn(-c2ccc(Cl)cc2Cl)c1-c1ccc(Cl)cc1. The summed E-state index contributed by atoms with van der Waals surface area (Å²) < 4.78 is 1.61. The van der Waals surface area contributed by atoms with Crippen LogP contribution in [0.3, 0.4) is 0 Å². The van der Waals surface area contributed by atoms with Crippen LogP contribution in [0.5, 0.6) is 0 Å². The lowest BCUT2D eigenvalue weighted by molar-refractivity contribution is 0.0948. The number of hydrogen-bond donors (Lipinski definition) is 3. The number of carbonyl (C=O) groups is 2. The van der Waals surface area contributed by atoms with E-state index in [0.717, 1.165) is 5.56 Å². The quantitative estimate of drug-likeness (QED) is 0.215. The van der Waals surface area contributed by atoms with Gasteiger partial charge in [-0.25, -0.2) is 9.67 Å². The molecule has 0 aliphatic heterocycles. The predicted octanol–water partition coefficient (Wildman–Crippen LogP) is 6.11. The molecule has 0 saturated carbocycles. The van der Waals surface area contributed by atoms with Gasteiger partial charge in [0.25, 0.3) is 11.8 Å². The van der Waals surface area contributed by atoms with Gasteiger partial charge < -0.3 is 10.6 Å². The first-order chi connectivity index (χ1) is 18.8. The van der Waals surface area contributed by atoms with Gasteiger partial charge in [0.1, 0.15) is 12.2 Å². The largest absolute Gasteiger partial charge is 0.345 e. The van der Waals surface area contributed by atoms with Crippen molar-refractivity contribution in [3.05, 3.63) is 111 Å². The number of halogens is 3. The normalized spacial score (nSPS) is 10.9. The summed E-state index contributed by atoms with van der Waals surface area (Å²) in [6.07, 6.45) is 1.36. The maximum absolute atomic E-state index is 13.4. The minimum Gasteiger partial charge on any atom is -0.345 e. The van der Waals surface area contributed by atoms with Gasteiger partial charge in [0.15, 0.2) is 5.69 Å². The number of benzene rings is 3. The fourth-order valence-corrected chi connectivity index (χ4v) is 4.61. The van der Waals surface area contributed by atoms with Gasteiger partial charge in [0, 0.05) is 32.4 Å². The van der Waals surface area contributed by atoms with Crippen LogP contribution in [0.15, 0.2) is 73.1 Å². The highest BCUT2D eigenvalue weighted by Gasteiger charge is 2.23. The molecule has 2 heterocycles. The van der Waals surface area contributed by atoms with Gasteiger partial charge in [-0.15, -0.1) is 0 Å². The number of hydrogen-bond acceptors (Lipinski definition) is 5. The third-order valence-electron chi connectivity index (χ3n) is 5.86. The molecule has 0 aliphatic carbocycles. The van der Waals surface area contributed by atoms with Crippen molar-refractivity contribution >= 4 is 52.3 Å². The molecule has 3 N–H and O–H groups in total. The van der Waals surface area contributed by atoms with Crippen molar-refractivity contribution in [2.45, 2.75) is 13.5 Å². The second-order valence-corrected chi connectivity index (χ2v) is 9.77. The number of nitrogens with zero attached hydrogens (tertiary/aromatic N) is 4. The van der Waals surface area contributed by atoms with Crippen LogP contribution in [0.4, 0.5) is 5.69 Å². The molecule has 0 aliphatic rings. The fraction of sp³-hybridized carbons (Fsp3) is 0.0741. The van der Waals surface area contributed by atoms with Gasteiger partial charge in [-0.1, -0.05) is 53.0 Å². The molecule has 5 aromatic rings. The third kappa shape index (κ3) is 5.80. The van der Waals surface area contributed by atoms with Crippen molar-refractivity contribution in [1.82, 2.24) is 30.3 Å². The topological polar surface area (TPSA) is 118 Å². The van der Waals surface area contributed by atoms with Crippen LogP contribution in [0, 0.1) is 6.92 Å². The number of aromatic amines is 1. The molecule has 0 spiro atoms. The molecule has 3 aromatic carbocycles. The Morgan fingerprint density at radius 2 is 1.72 bits per heavy atom. The van der Waals surface area contributed by atoms with Gasteiger partial charge in [-0.2, -0.15) is 10.2 Å². The van der Waals surface area contributed by atoms with Crippen LogP contribution in [0.1, 0.15) is 32.2 Å². The Morgan fingerprint density at radius 3 is 2.44 bits per heavy atom. The van der Waals surface area contributed by atoms with E-state index in [-0.39, 0.29) is 18.1 Å². The second kappa shape index (κ2) is 11.3. The van der Waals surface area contributed by atoms with Gasteiger partial charge in [0.05, 0.1) is 22.9 Å². The summed E-state index contributed by atoms with van der Waals surface area (Å²) >= 11 is 18.7. The highest BCUT2D eigenvalue weighted by Crippen LogP contribution is 2.33. The smallest absolute Gasteiger partial charge is 0.276 e. The summed E-state index contributed by atoms with van der Waals surface area (Å²) in [5.74, 6) is -0.257. The molecule has 0 bridgehead atoms. The molecule has 12 heteroatoms. The molecule has 2 aromatic heterocycles. The molecular formula is C27H20Cl3N7O2. The highest BCUT2D eigenvalue weighted by atomic mass is 35.5. The number of aromatic nitrogens is 5. The van der Waals surface area contributed by atoms with E-state index in [0.29, 0.717) is 49.1 Å². The molecule has 9 nitrogen and oxygen atoms in total. The van der Waals surface area contributed by atoms with Crippen molar-refractivity contribution in [2.75, 3.05) is 5.32 Å². The van der Waals surface area contributed by atoms with Gasteiger partial charge in [-0.05, 0) is 55.5 Å². The third-order valence-corrected chi connectivity index (χ3v) is 6.65. The highest BCUT2D eigenvalue weighted by molar-refractivity contribution is 6.35. The van der Waals surface area contributed by atoms with Crippen LogP contribution in [0.2, 0.25) is 15.1 Å². The zero-order valence-corrected chi connectivity index (χ0v) is 22.6. The molecule has 0 saturated heterocycles. The van der Waals surface area contributed by atoms with E-state index in [2.05, 4.69) is 30.9 Å². The van der Waals surface area contributed by atoms with Crippen molar-refractivity contribution in [3.8, 4) is 16.9 Å². The summed E-state index contributed by atoms with van der Waals surface area (Å²) in [7, 11) is 0. The van der Waals surface area contributed by atoms with E-state index in [1.807, 2.05) is 12.1 Å². The maximum atomic E-state index is 13.4. The standard InChI is InChI=1S/C27H20Cl3N7O2/c1-15-24(27(39)34-20-4-2-3-17(11-20)26(38)31-13-23-32-14-33-35-23)36-37(22-10-9-19(29)12-21(22)30)25(15)16-5-7-18(28)8-6-16/h2-12,14H,13H2,1H3,(H,31,38)(H,34,39)(H,32,33,35). The number of carbonyl (C=O) groups excluding carboxylic acids is 2. The first-order valence-corrected chi connectivity index (χ1v) is 12.8. The van der Waals surface area contributed by atoms with Crippen LogP contribution in [-0.2, 0) is 6.54 Å². The Kier molecular flexibility index (Phi) is 7.65. The summed E-state index contributed by atoms with van der Waals surface area (Å²) in [5, 5.41) is 18.1. The van der Waals surface area contributed by atoms with Crippen LogP contribution in [-0.4, -0.2) is 36.8 Å². The molecule has 196 valence electrons. The van der Waals surface area contributed by atoms with E-state index < -0.39 is 5.91 Å². The van der Waals surface area contributed by atoms with Crippen LogP contribution < -0.4 is 10.6 Å². The molecule has 0 unspecified atom stereocenters. The van der Waals surface area contributed by atoms with E-state index in [1.165, 1.54) is 6.33 Å². The average Bonchev–Trinajstić information content (AvgIpc) is 3.56. The van der Waals surface area contributed by atoms with Gasteiger partial charge in [0.2, 0.25) is 0 Å². The summed E-state index contributed by atoms with van der Waals surface area (Å²) in [4.78, 5) is 30.0. The first kappa shape index (κ1) is 26.4. The number of anilines is 1. The zero-order chi connectivity index (χ0) is 27.5. The Hall–Kier alpha value is -4.18. The fourth-order valence-electron chi connectivity index (χ4n) is 4.00. The summed E-state index contributed by atoms with van der Waals surface area (Å²) in [5.41, 5.74) is 3.62. The minimum atomic E-state index is -0.453. The Bertz CT molecular complexity index is 1670. The molecule has 0 atom stereocenters.